The summed E-state index contributed by atoms with van der Waals surface area (Å²) in [6.07, 6.45) is 8.74. The van der Waals surface area contributed by atoms with Gasteiger partial charge < -0.3 is 10.4 Å². The van der Waals surface area contributed by atoms with Crippen LogP contribution >= 0.6 is 0 Å². The zero-order valence-electron chi connectivity index (χ0n) is 9.21. The minimum absolute atomic E-state index is 0.0914. The van der Waals surface area contributed by atoms with Gasteiger partial charge in [0.2, 0.25) is 0 Å². The fourth-order valence-corrected chi connectivity index (χ4v) is 2.72. The van der Waals surface area contributed by atoms with Crippen molar-refractivity contribution in [1.29, 1.82) is 0 Å². The van der Waals surface area contributed by atoms with Crippen molar-refractivity contribution in [1.82, 2.24) is 5.32 Å². The minimum atomic E-state index is -0.0914. The predicted molar refractivity (Wildman–Crippen MR) is 58.2 cm³/mol. The van der Waals surface area contributed by atoms with Crippen molar-refractivity contribution in [3.05, 3.63) is 0 Å². The average molecular weight is 197 g/mol. The van der Waals surface area contributed by atoms with Crippen LogP contribution in [-0.4, -0.2) is 23.3 Å². The minimum Gasteiger partial charge on any atom is -0.392 e. The molecule has 14 heavy (non-hydrogen) atoms. The second-order valence-electron chi connectivity index (χ2n) is 5.10. The van der Waals surface area contributed by atoms with Gasteiger partial charge in [0.25, 0.3) is 0 Å². The van der Waals surface area contributed by atoms with E-state index < -0.39 is 0 Å². The van der Waals surface area contributed by atoms with Crippen LogP contribution < -0.4 is 5.32 Å². The highest BCUT2D eigenvalue weighted by molar-refractivity contribution is 4.86. The summed E-state index contributed by atoms with van der Waals surface area (Å²) in [6.45, 7) is 2.28. The summed E-state index contributed by atoms with van der Waals surface area (Å²) in [4.78, 5) is 0. The van der Waals surface area contributed by atoms with Crippen LogP contribution in [0.2, 0.25) is 0 Å². The Kier molecular flexibility index (Phi) is 3.45. The summed E-state index contributed by atoms with van der Waals surface area (Å²) in [5.74, 6) is 0.879. The fraction of sp³-hybridized carbons (Fsp3) is 1.00. The van der Waals surface area contributed by atoms with Crippen LogP contribution in [0.25, 0.3) is 0 Å². The lowest BCUT2D eigenvalue weighted by molar-refractivity contribution is 0.0756. The van der Waals surface area contributed by atoms with Gasteiger partial charge >= 0.3 is 0 Å². The number of rotatable bonds is 3. The quantitative estimate of drug-likeness (QED) is 0.726. The van der Waals surface area contributed by atoms with E-state index in [1.165, 1.54) is 32.1 Å². The van der Waals surface area contributed by atoms with Gasteiger partial charge in [-0.3, -0.25) is 0 Å². The smallest absolute Gasteiger partial charge is 0.0693 e. The van der Waals surface area contributed by atoms with Crippen molar-refractivity contribution in [2.24, 2.45) is 5.92 Å². The molecule has 2 aliphatic carbocycles. The van der Waals surface area contributed by atoms with Gasteiger partial charge in [-0.05, 0) is 38.5 Å². The molecule has 3 atom stereocenters. The summed E-state index contributed by atoms with van der Waals surface area (Å²) < 4.78 is 0. The van der Waals surface area contributed by atoms with Gasteiger partial charge in [0.1, 0.15) is 0 Å². The molecule has 2 aliphatic rings. The Morgan fingerprint density at radius 1 is 1.07 bits per heavy atom. The van der Waals surface area contributed by atoms with Crippen LogP contribution in [0.15, 0.2) is 0 Å². The highest BCUT2D eigenvalue weighted by atomic mass is 16.3. The highest BCUT2D eigenvalue weighted by Gasteiger charge is 2.29. The molecular formula is C12H23NO. The first-order valence-corrected chi connectivity index (χ1v) is 6.21. The normalized spacial score (nSPS) is 36.4. The van der Waals surface area contributed by atoms with Gasteiger partial charge in [-0.25, -0.2) is 0 Å². The van der Waals surface area contributed by atoms with E-state index in [1.807, 2.05) is 0 Å². The molecule has 0 amide bonds. The molecule has 2 saturated carbocycles. The van der Waals surface area contributed by atoms with E-state index in [2.05, 4.69) is 12.2 Å². The van der Waals surface area contributed by atoms with E-state index in [0.29, 0.717) is 12.1 Å². The van der Waals surface area contributed by atoms with E-state index in [0.717, 1.165) is 18.8 Å². The third-order valence-corrected chi connectivity index (χ3v) is 4.06. The lowest BCUT2D eigenvalue weighted by Gasteiger charge is -2.37. The Bertz CT molecular complexity index is 179. The van der Waals surface area contributed by atoms with E-state index in [1.54, 1.807) is 0 Å². The molecule has 2 rings (SSSR count). The van der Waals surface area contributed by atoms with Crippen molar-refractivity contribution in [3.8, 4) is 0 Å². The molecule has 0 aromatic heterocycles. The Morgan fingerprint density at radius 2 is 1.79 bits per heavy atom. The maximum Gasteiger partial charge on any atom is 0.0693 e. The maximum atomic E-state index is 9.83. The van der Waals surface area contributed by atoms with Gasteiger partial charge in [0.05, 0.1) is 6.10 Å². The summed E-state index contributed by atoms with van der Waals surface area (Å²) in [5, 5.41) is 13.4. The SMILES string of the molecule is CC(NC1CCCCC1O)C1CCC1. The molecule has 0 aliphatic heterocycles. The van der Waals surface area contributed by atoms with Crippen molar-refractivity contribution in [2.75, 3.05) is 0 Å². The Hall–Kier alpha value is -0.0800. The molecular weight excluding hydrogens is 174 g/mol. The van der Waals surface area contributed by atoms with Crippen LogP contribution in [0, 0.1) is 5.92 Å². The molecule has 82 valence electrons. The first-order valence-electron chi connectivity index (χ1n) is 6.21. The van der Waals surface area contributed by atoms with Crippen molar-refractivity contribution in [2.45, 2.75) is 70.1 Å². The monoisotopic (exact) mass is 197 g/mol. The first kappa shape index (κ1) is 10.4. The van der Waals surface area contributed by atoms with Crippen LogP contribution in [0.3, 0.4) is 0 Å². The van der Waals surface area contributed by atoms with Crippen LogP contribution in [-0.2, 0) is 0 Å². The molecule has 0 saturated heterocycles. The third kappa shape index (κ3) is 2.29. The number of hydrogen-bond donors (Lipinski definition) is 2. The molecule has 3 unspecified atom stereocenters. The van der Waals surface area contributed by atoms with Gasteiger partial charge in [-0.2, -0.15) is 0 Å². The summed E-state index contributed by atoms with van der Waals surface area (Å²) in [7, 11) is 0. The number of hydrogen-bond acceptors (Lipinski definition) is 2. The molecule has 0 heterocycles. The van der Waals surface area contributed by atoms with Gasteiger partial charge in [-0.1, -0.05) is 19.3 Å². The van der Waals surface area contributed by atoms with E-state index >= 15 is 0 Å². The summed E-state index contributed by atoms with van der Waals surface area (Å²) in [5.41, 5.74) is 0. The van der Waals surface area contributed by atoms with E-state index in [-0.39, 0.29) is 6.10 Å². The van der Waals surface area contributed by atoms with Gasteiger partial charge in [0, 0.05) is 12.1 Å². The van der Waals surface area contributed by atoms with Crippen LogP contribution in [0.5, 0.6) is 0 Å². The molecule has 0 spiro atoms. The van der Waals surface area contributed by atoms with Gasteiger partial charge in [0.15, 0.2) is 0 Å². The predicted octanol–water partition coefficient (Wildman–Crippen LogP) is 2.07. The lowest BCUT2D eigenvalue weighted by Crippen LogP contribution is -2.49. The second kappa shape index (κ2) is 4.63. The van der Waals surface area contributed by atoms with Gasteiger partial charge in [-0.15, -0.1) is 0 Å². The summed E-state index contributed by atoms with van der Waals surface area (Å²) in [6, 6.07) is 0.987. The third-order valence-electron chi connectivity index (χ3n) is 4.06. The fourth-order valence-electron chi connectivity index (χ4n) is 2.72. The standard InChI is InChI=1S/C12H23NO/c1-9(10-5-4-6-10)13-11-7-2-3-8-12(11)14/h9-14H,2-8H2,1H3. The molecule has 2 heteroatoms. The molecule has 0 aromatic rings. The largest absolute Gasteiger partial charge is 0.392 e. The number of aliphatic hydroxyl groups is 1. The Balaban J connectivity index is 1.76. The van der Waals surface area contributed by atoms with Crippen molar-refractivity contribution < 1.29 is 5.11 Å². The zero-order chi connectivity index (χ0) is 9.97. The lowest BCUT2D eigenvalue weighted by atomic mass is 9.79. The van der Waals surface area contributed by atoms with Crippen molar-refractivity contribution >= 4 is 0 Å². The molecule has 0 bridgehead atoms. The molecule has 2 N–H and O–H groups in total. The molecule has 2 nitrogen and oxygen atoms in total. The van der Waals surface area contributed by atoms with Crippen LogP contribution in [0.1, 0.15) is 51.9 Å². The van der Waals surface area contributed by atoms with E-state index in [4.69, 9.17) is 0 Å². The zero-order valence-corrected chi connectivity index (χ0v) is 9.21. The molecule has 0 radical (unpaired) electrons. The number of aliphatic hydroxyl groups excluding tert-OH is 1. The number of nitrogens with one attached hydrogen (secondary N) is 1. The second-order valence-corrected chi connectivity index (χ2v) is 5.10. The highest BCUT2D eigenvalue weighted by Crippen LogP contribution is 2.30. The topological polar surface area (TPSA) is 32.3 Å². The Labute approximate surface area is 87.1 Å². The average Bonchev–Trinajstić information content (AvgIpc) is 2.05. The van der Waals surface area contributed by atoms with Crippen molar-refractivity contribution in [3.63, 3.8) is 0 Å². The van der Waals surface area contributed by atoms with E-state index in [9.17, 15) is 5.11 Å². The molecule has 0 aromatic carbocycles. The first-order chi connectivity index (χ1) is 6.77. The Morgan fingerprint density at radius 3 is 2.36 bits per heavy atom. The summed E-state index contributed by atoms with van der Waals surface area (Å²) >= 11 is 0. The molecule has 2 fully saturated rings. The maximum absolute atomic E-state index is 9.83. The van der Waals surface area contributed by atoms with Crippen LogP contribution in [0.4, 0.5) is 0 Å².